The first-order chi connectivity index (χ1) is 6.38. The Bertz CT molecular complexity index is 100. The van der Waals surface area contributed by atoms with Gasteiger partial charge in [-0.15, -0.1) is 0 Å². The molecule has 1 unspecified atom stereocenters. The average molecular weight is 187 g/mol. The molecule has 0 radical (unpaired) electrons. The van der Waals surface area contributed by atoms with Gasteiger partial charge in [-0.2, -0.15) is 0 Å². The third kappa shape index (κ3) is 4.63. The van der Waals surface area contributed by atoms with Gasteiger partial charge < -0.3 is 4.74 Å². The molecule has 0 aromatic heterocycles. The highest BCUT2D eigenvalue weighted by Crippen LogP contribution is 2.11. The number of nitrogens with zero attached hydrogens (tertiary/aromatic N) is 1. The van der Waals surface area contributed by atoms with Crippen molar-refractivity contribution < 1.29 is 4.74 Å². The number of likely N-dealkylation sites (N-methyl/N-ethyl adjacent to an activating group) is 1. The Morgan fingerprint density at radius 3 is 2.38 bits per heavy atom. The Kier molecular flexibility index (Phi) is 8.46. The van der Waals surface area contributed by atoms with Crippen molar-refractivity contribution in [2.24, 2.45) is 0 Å². The lowest BCUT2D eigenvalue weighted by molar-refractivity contribution is 0.147. The van der Waals surface area contributed by atoms with Gasteiger partial charge in [-0.25, -0.2) is 0 Å². The molecule has 2 nitrogen and oxygen atoms in total. The van der Waals surface area contributed by atoms with E-state index in [2.05, 4.69) is 18.7 Å². The van der Waals surface area contributed by atoms with Gasteiger partial charge in [0.1, 0.15) is 0 Å². The molecule has 0 N–H and O–H groups in total. The second kappa shape index (κ2) is 8.52. The molecule has 0 saturated carbocycles. The maximum absolute atomic E-state index is 5.34. The van der Waals surface area contributed by atoms with Gasteiger partial charge in [0.15, 0.2) is 0 Å². The first-order valence-electron chi connectivity index (χ1n) is 5.70. The maximum atomic E-state index is 5.34. The minimum absolute atomic E-state index is 0.708. The van der Waals surface area contributed by atoms with E-state index < -0.39 is 0 Å². The van der Waals surface area contributed by atoms with E-state index in [1.165, 1.54) is 25.9 Å². The van der Waals surface area contributed by atoms with E-state index in [1.807, 2.05) is 13.8 Å². The van der Waals surface area contributed by atoms with Gasteiger partial charge in [0, 0.05) is 12.6 Å². The summed E-state index contributed by atoms with van der Waals surface area (Å²) in [4.78, 5) is 2.52. The Morgan fingerprint density at radius 1 is 1.31 bits per heavy atom. The summed E-state index contributed by atoms with van der Waals surface area (Å²) in [5.74, 6) is 0. The largest absolute Gasteiger partial charge is 0.380 e. The van der Waals surface area contributed by atoms with Crippen LogP contribution in [0.25, 0.3) is 0 Å². The van der Waals surface area contributed by atoms with Crippen LogP contribution >= 0.6 is 0 Å². The van der Waals surface area contributed by atoms with Gasteiger partial charge >= 0.3 is 0 Å². The van der Waals surface area contributed by atoms with E-state index in [0.29, 0.717) is 6.04 Å². The monoisotopic (exact) mass is 187 g/mol. The molecular formula is C11H25NO. The van der Waals surface area contributed by atoms with Crippen molar-refractivity contribution in [3.8, 4) is 0 Å². The lowest BCUT2D eigenvalue weighted by Crippen LogP contribution is -2.35. The summed E-state index contributed by atoms with van der Waals surface area (Å²) in [6.07, 6.45) is 2.48. The minimum Gasteiger partial charge on any atom is -0.380 e. The number of rotatable bonds is 4. The van der Waals surface area contributed by atoms with Crippen LogP contribution in [0.1, 0.15) is 40.5 Å². The lowest BCUT2D eigenvalue weighted by Gasteiger charge is -2.25. The molecule has 2 heteroatoms. The zero-order chi connectivity index (χ0) is 10.1. The van der Waals surface area contributed by atoms with Crippen molar-refractivity contribution in [3.05, 3.63) is 0 Å². The lowest BCUT2D eigenvalue weighted by atomic mass is 10.2. The Hall–Kier alpha value is -0.0800. The first kappa shape index (κ1) is 12.9. The molecule has 1 heterocycles. The summed E-state index contributed by atoms with van der Waals surface area (Å²) in [5.41, 5.74) is 0. The third-order valence-corrected chi connectivity index (χ3v) is 2.34. The second-order valence-corrected chi connectivity index (χ2v) is 3.15. The summed E-state index contributed by atoms with van der Waals surface area (Å²) >= 11 is 0. The molecule has 0 aliphatic carbocycles. The van der Waals surface area contributed by atoms with Gasteiger partial charge in [-0.3, -0.25) is 4.90 Å². The molecular weight excluding hydrogens is 162 g/mol. The van der Waals surface area contributed by atoms with Crippen molar-refractivity contribution in [2.75, 3.05) is 26.3 Å². The predicted octanol–water partition coefficient (Wildman–Crippen LogP) is 2.53. The van der Waals surface area contributed by atoms with Gasteiger partial charge in [0.2, 0.25) is 0 Å². The summed E-state index contributed by atoms with van der Waals surface area (Å²) in [6.45, 7) is 12.8. The summed E-state index contributed by atoms with van der Waals surface area (Å²) < 4.78 is 5.34. The number of hydrogen-bond acceptors (Lipinski definition) is 2. The second-order valence-electron chi connectivity index (χ2n) is 3.15. The van der Waals surface area contributed by atoms with Crippen LogP contribution in [0.15, 0.2) is 0 Å². The summed E-state index contributed by atoms with van der Waals surface area (Å²) in [7, 11) is 0. The normalized spacial score (nSPS) is 21.5. The molecule has 1 saturated heterocycles. The van der Waals surface area contributed by atoms with Crippen LogP contribution in [-0.4, -0.2) is 37.2 Å². The first-order valence-corrected chi connectivity index (χ1v) is 5.70. The summed E-state index contributed by atoms with van der Waals surface area (Å²) in [6, 6.07) is 0.708. The Labute approximate surface area is 83.3 Å². The van der Waals surface area contributed by atoms with Crippen LogP contribution in [0.2, 0.25) is 0 Å². The average Bonchev–Trinajstić information content (AvgIpc) is 2.70. The molecule has 0 amide bonds. The topological polar surface area (TPSA) is 12.5 Å². The summed E-state index contributed by atoms with van der Waals surface area (Å²) in [5, 5.41) is 0. The fraction of sp³-hybridized carbons (Fsp3) is 1.00. The molecule has 80 valence electrons. The Balaban J connectivity index is 0.000000671. The fourth-order valence-corrected chi connectivity index (χ4v) is 1.70. The van der Waals surface area contributed by atoms with Gasteiger partial charge in [0.25, 0.3) is 0 Å². The molecule has 13 heavy (non-hydrogen) atoms. The van der Waals surface area contributed by atoms with E-state index in [-0.39, 0.29) is 0 Å². The highest BCUT2D eigenvalue weighted by molar-refractivity contribution is 4.74. The molecule has 1 aliphatic heterocycles. The van der Waals surface area contributed by atoms with E-state index in [9.17, 15) is 0 Å². The predicted molar refractivity (Wildman–Crippen MR) is 58.1 cm³/mol. The van der Waals surface area contributed by atoms with Gasteiger partial charge in [-0.05, 0) is 25.9 Å². The van der Waals surface area contributed by atoms with Crippen LogP contribution in [0, 0.1) is 0 Å². The molecule has 0 spiro atoms. The number of ether oxygens (including phenoxy) is 1. The minimum atomic E-state index is 0.708. The van der Waals surface area contributed by atoms with E-state index in [1.54, 1.807) is 0 Å². The highest BCUT2D eigenvalue weighted by atomic mass is 16.5. The zero-order valence-electron chi connectivity index (χ0n) is 9.68. The third-order valence-electron chi connectivity index (χ3n) is 2.34. The van der Waals surface area contributed by atoms with Crippen LogP contribution in [0.4, 0.5) is 0 Å². The van der Waals surface area contributed by atoms with Crippen molar-refractivity contribution >= 4 is 0 Å². The molecule has 0 aromatic carbocycles. The SMILES string of the molecule is CC.CCCN(CC)C1CCOC1. The van der Waals surface area contributed by atoms with Crippen LogP contribution in [0.3, 0.4) is 0 Å². The molecule has 0 aromatic rings. The molecule has 1 aliphatic rings. The van der Waals surface area contributed by atoms with Crippen molar-refractivity contribution in [1.29, 1.82) is 0 Å². The maximum Gasteiger partial charge on any atom is 0.0622 e. The number of hydrogen-bond donors (Lipinski definition) is 0. The van der Waals surface area contributed by atoms with Gasteiger partial charge in [-0.1, -0.05) is 27.7 Å². The van der Waals surface area contributed by atoms with Crippen LogP contribution < -0.4 is 0 Å². The van der Waals surface area contributed by atoms with E-state index in [0.717, 1.165) is 13.2 Å². The standard InChI is InChI=1S/C9H19NO.C2H6/c1-3-6-10(4-2)9-5-7-11-8-9;1-2/h9H,3-8H2,1-2H3;1-2H3. The quantitative estimate of drug-likeness (QED) is 0.670. The van der Waals surface area contributed by atoms with Crippen LogP contribution in [-0.2, 0) is 4.74 Å². The van der Waals surface area contributed by atoms with Crippen molar-refractivity contribution in [3.63, 3.8) is 0 Å². The smallest absolute Gasteiger partial charge is 0.0622 e. The van der Waals surface area contributed by atoms with Gasteiger partial charge in [0.05, 0.1) is 6.61 Å². The fourth-order valence-electron chi connectivity index (χ4n) is 1.70. The van der Waals surface area contributed by atoms with Crippen molar-refractivity contribution in [1.82, 2.24) is 4.90 Å². The molecule has 0 bridgehead atoms. The van der Waals surface area contributed by atoms with Crippen molar-refractivity contribution in [2.45, 2.75) is 46.6 Å². The molecule has 1 atom stereocenters. The van der Waals surface area contributed by atoms with E-state index in [4.69, 9.17) is 4.74 Å². The highest BCUT2D eigenvalue weighted by Gasteiger charge is 2.20. The Morgan fingerprint density at radius 2 is 2.00 bits per heavy atom. The van der Waals surface area contributed by atoms with Crippen LogP contribution in [0.5, 0.6) is 0 Å². The molecule has 1 rings (SSSR count). The zero-order valence-corrected chi connectivity index (χ0v) is 9.68. The molecule has 1 fully saturated rings. The van der Waals surface area contributed by atoms with E-state index >= 15 is 0 Å².